The monoisotopic (exact) mass is 951 g/mol. The number of carbonyl (C=O) groups excluding carboxylic acids is 6. The van der Waals surface area contributed by atoms with Gasteiger partial charge in [-0.2, -0.15) is 0 Å². The molecule has 6 N–H and O–H groups in total. The smallest absolute Gasteiger partial charge is 0.251 e. The predicted octanol–water partition coefficient (Wildman–Crippen LogP) is 5.38. The van der Waals surface area contributed by atoms with Gasteiger partial charge in [-0.05, 0) is 108 Å². The van der Waals surface area contributed by atoms with Gasteiger partial charge in [-0.3, -0.25) is 28.8 Å². The van der Waals surface area contributed by atoms with Crippen LogP contribution in [-0.2, 0) is 32.0 Å². The Hall–Kier alpha value is -6.64. The van der Waals surface area contributed by atoms with Crippen molar-refractivity contribution in [2.24, 2.45) is 10.8 Å². The van der Waals surface area contributed by atoms with Crippen LogP contribution in [0.1, 0.15) is 86.2 Å². The number of likely N-dealkylation sites (tertiary alicyclic amines) is 2. The molecule has 5 aromatic carbocycles. The van der Waals surface area contributed by atoms with E-state index in [0.717, 1.165) is 32.7 Å². The first-order valence-electron chi connectivity index (χ1n) is 24.5. The van der Waals surface area contributed by atoms with Crippen LogP contribution in [0.4, 0.5) is 0 Å². The average Bonchev–Trinajstić information content (AvgIpc) is 3.92. The normalized spacial score (nSPS) is 19.1. The first-order chi connectivity index (χ1) is 33.3. The minimum Gasteiger partial charge on any atom is -0.347 e. The third-order valence-corrected chi connectivity index (χ3v) is 13.7. The summed E-state index contributed by atoms with van der Waals surface area (Å²) in [7, 11) is 3.37. The molecular formula is C56H70N8O6. The van der Waals surface area contributed by atoms with Gasteiger partial charge < -0.3 is 41.7 Å². The van der Waals surface area contributed by atoms with E-state index in [2.05, 4.69) is 80.4 Å². The molecule has 0 radical (unpaired) electrons. The van der Waals surface area contributed by atoms with Crippen LogP contribution in [0.2, 0.25) is 0 Å². The summed E-state index contributed by atoms with van der Waals surface area (Å²) in [6.07, 6.45) is 2.13. The van der Waals surface area contributed by atoms with Gasteiger partial charge in [0.05, 0.1) is 13.1 Å². The van der Waals surface area contributed by atoms with Crippen molar-refractivity contribution < 1.29 is 28.8 Å². The minimum absolute atomic E-state index is 0.0727. The highest BCUT2D eigenvalue weighted by Gasteiger charge is 2.44. The molecule has 0 spiro atoms. The molecular weight excluding hydrogens is 881 g/mol. The molecule has 6 unspecified atom stereocenters. The van der Waals surface area contributed by atoms with Crippen molar-refractivity contribution in [1.82, 2.24) is 41.7 Å². The minimum atomic E-state index is -0.796. The SMILES string of the molecule is CNCC(=O)NC(C(=O)N1CC(NC(=O)c2ccc(C(=O)NC3CC(Cc4cccc5ccccc45)N(C(=O)C(NC(=O)CNC)C(C)(C)C)C3)cc2)CC1Cc1cccc2ccccc12)C(C)(C)C. The molecule has 5 aromatic rings. The van der Waals surface area contributed by atoms with E-state index in [-0.39, 0.29) is 85.8 Å². The summed E-state index contributed by atoms with van der Waals surface area (Å²) in [6.45, 7) is 12.3. The first kappa shape index (κ1) is 51.2. The van der Waals surface area contributed by atoms with Crippen molar-refractivity contribution in [1.29, 1.82) is 0 Å². The van der Waals surface area contributed by atoms with Crippen LogP contribution in [-0.4, -0.2) is 122 Å². The number of nitrogens with zero attached hydrogens (tertiary/aromatic N) is 2. The van der Waals surface area contributed by atoms with Gasteiger partial charge in [0.1, 0.15) is 12.1 Å². The summed E-state index contributed by atoms with van der Waals surface area (Å²) < 4.78 is 0. The summed E-state index contributed by atoms with van der Waals surface area (Å²) in [6, 6.07) is 32.2. The molecule has 14 nitrogen and oxygen atoms in total. The molecule has 2 heterocycles. The largest absolute Gasteiger partial charge is 0.347 e. The second kappa shape index (κ2) is 22.0. The van der Waals surface area contributed by atoms with Crippen molar-refractivity contribution in [2.45, 2.75) is 103 Å². The summed E-state index contributed by atoms with van der Waals surface area (Å²) in [5, 5.41) is 22.4. The molecule has 2 fully saturated rings. The Morgan fingerprint density at radius 2 is 0.871 bits per heavy atom. The number of carbonyl (C=O) groups is 6. The average molecular weight is 951 g/mol. The van der Waals surface area contributed by atoms with E-state index in [0.29, 0.717) is 36.8 Å². The van der Waals surface area contributed by atoms with Crippen molar-refractivity contribution in [2.75, 3.05) is 40.3 Å². The standard InChI is InChI=1S/C56H70N8O6/c1-55(2,3)49(61-47(65)31-57-7)53(69)63-33-41(29-43(63)27-39-19-13-17-35-15-9-11-21-45(35)39)59-51(67)37-23-25-38(26-24-37)52(68)60-42-30-44(28-40-20-14-18-36-16-10-12-22-46(36)40)64(34-42)54(70)50(56(4,5)6)62-48(66)32-58-8/h9-26,41-44,49-50,57-58H,27-34H2,1-8H3,(H,59,67)(H,60,68)(H,61,65)(H,62,66). The summed E-state index contributed by atoms with van der Waals surface area (Å²) in [5.41, 5.74) is 1.73. The van der Waals surface area contributed by atoms with Crippen molar-refractivity contribution in [3.8, 4) is 0 Å². The number of amides is 6. The van der Waals surface area contributed by atoms with Gasteiger partial charge in [-0.15, -0.1) is 0 Å². The Balaban J connectivity index is 1.06. The predicted molar refractivity (Wildman–Crippen MR) is 275 cm³/mol. The zero-order valence-electron chi connectivity index (χ0n) is 41.9. The van der Waals surface area contributed by atoms with Gasteiger partial charge in [0, 0.05) is 48.4 Å². The Morgan fingerprint density at radius 1 is 0.514 bits per heavy atom. The number of nitrogens with one attached hydrogen (secondary N) is 6. The second-order valence-electron chi connectivity index (χ2n) is 21.2. The number of fused-ring (bicyclic) bond motifs is 2. The zero-order chi connectivity index (χ0) is 50.3. The maximum absolute atomic E-state index is 14.6. The molecule has 70 heavy (non-hydrogen) atoms. The molecule has 2 saturated heterocycles. The van der Waals surface area contributed by atoms with E-state index in [1.54, 1.807) is 38.4 Å². The van der Waals surface area contributed by atoms with E-state index < -0.39 is 22.9 Å². The van der Waals surface area contributed by atoms with E-state index in [1.165, 1.54) is 0 Å². The lowest BCUT2D eigenvalue weighted by Crippen LogP contribution is -2.57. The molecule has 0 saturated carbocycles. The van der Waals surface area contributed by atoms with E-state index in [4.69, 9.17) is 0 Å². The first-order valence-corrected chi connectivity index (χ1v) is 24.5. The van der Waals surface area contributed by atoms with Crippen LogP contribution in [0.15, 0.2) is 109 Å². The summed E-state index contributed by atoms with van der Waals surface area (Å²) in [4.78, 5) is 86.3. The number of hydrogen-bond acceptors (Lipinski definition) is 8. The van der Waals surface area contributed by atoms with E-state index >= 15 is 0 Å². The number of hydrogen-bond donors (Lipinski definition) is 6. The Bertz CT molecular complexity index is 2510. The molecule has 14 heteroatoms. The molecule has 2 aliphatic rings. The quantitative estimate of drug-likeness (QED) is 0.0764. The third-order valence-electron chi connectivity index (χ3n) is 13.7. The fraction of sp³-hybridized carbons (Fsp3) is 0.429. The van der Waals surface area contributed by atoms with Crippen LogP contribution in [0.25, 0.3) is 21.5 Å². The Kier molecular flexibility index (Phi) is 16.1. The fourth-order valence-corrected chi connectivity index (χ4v) is 10.1. The van der Waals surface area contributed by atoms with Crippen LogP contribution in [0, 0.1) is 10.8 Å². The highest BCUT2D eigenvalue weighted by atomic mass is 16.2. The van der Waals surface area contributed by atoms with Gasteiger partial charge in [0.15, 0.2) is 0 Å². The molecule has 370 valence electrons. The van der Waals surface area contributed by atoms with Crippen LogP contribution < -0.4 is 31.9 Å². The molecule has 6 amide bonds. The summed E-state index contributed by atoms with van der Waals surface area (Å²) in [5.74, 6) is -1.62. The highest BCUT2D eigenvalue weighted by Crippen LogP contribution is 2.32. The van der Waals surface area contributed by atoms with Gasteiger partial charge in [0.2, 0.25) is 23.6 Å². The summed E-state index contributed by atoms with van der Waals surface area (Å²) >= 11 is 0. The fourth-order valence-electron chi connectivity index (χ4n) is 10.1. The number of rotatable bonds is 16. The lowest BCUT2D eigenvalue weighted by molar-refractivity contribution is -0.140. The molecule has 7 rings (SSSR count). The van der Waals surface area contributed by atoms with Gasteiger partial charge in [-0.25, -0.2) is 0 Å². The zero-order valence-corrected chi connectivity index (χ0v) is 41.9. The van der Waals surface area contributed by atoms with Gasteiger partial charge in [0.25, 0.3) is 11.8 Å². The van der Waals surface area contributed by atoms with Crippen LogP contribution in [0.5, 0.6) is 0 Å². The van der Waals surface area contributed by atoms with Crippen molar-refractivity contribution >= 4 is 57.0 Å². The maximum atomic E-state index is 14.6. The van der Waals surface area contributed by atoms with Crippen LogP contribution >= 0.6 is 0 Å². The topological polar surface area (TPSA) is 181 Å². The van der Waals surface area contributed by atoms with Gasteiger partial charge >= 0.3 is 0 Å². The van der Waals surface area contributed by atoms with E-state index in [1.807, 2.05) is 87.7 Å². The highest BCUT2D eigenvalue weighted by molar-refractivity contribution is 5.98. The van der Waals surface area contributed by atoms with Crippen molar-refractivity contribution in [3.63, 3.8) is 0 Å². The Labute approximate surface area is 412 Å². The molecule has 0 bridgehead atoms. The molecule has 6 atom stereocenters. The maximum Gasteiger partial charge on any atom is 0.251 e. The second-order valence-corrected chi connectivity index (χ2v) is 21.2. The molecule has 0 aromatic heterocycles. The van der Waals surface area contributed by atoms with Crippen LogP contribution in [0.3, 0.4) is 0 Å². The third kappa shape index (κ3) is 12.2. The number of likely N-dealkylation sites (N-methyl/N-ethyl adjacent to an activating group) is 2. The lowest BCUT2D eigenvalue weighted by Gasteiger charge is -2.36. The number of benzene rings is 5. The van der Waals surface area contributed by atoms with Gasteiger partial charge in [-0.1, -0.05) is 126 Å². The van der Waals surface area contributed by atoms with Crippen molar-refractivity contribution in [3.05, 3.63) is 131 Å². The van der Waals surface area contributed by atoms with E-state index in [9.17, 15) is 28.8 Å². The molecule has 2 aliphatic heterocycles. The lowest BCUT2D eigenvalue weighted by atomic mass is 9.85. The molecule has 0 aliphatic carbocycles. The Morgan fingerprint density at radius 3 is 1.23 bits per heavy atom.